The molecule has 0 spiro atoms. The number of carbonyl (C=O) groups excluding carboxylic acids is 2. The normalized spacial score (nSPS) is 15.3. The monoisotopic (exact) mass is 287 g/mol. The minimum Gasteiger partial charge on any atom is -0.480 e. The summed E-state index contributed by atoms with van der Waals surface area (Å²) in [5.41, 5.74) is 5.80. The quantitative estimate of drug-likeness (QED) is 0.488. The molecule has 7 nitrogen and oxygen atoms in total. The first-order chi connectivity index (χ1) is 9.20. The molecule has 2 amide bonds. The van der Waals surface area contributed by atoms with E-state index in [9.17, 15) is 14.4 Å². The molecule has 0 unspecified atom stereocenters. The molecule has 5 N–H and O–H groups in total. The molecule has 0 saturated heterocycles. The number of rotatable bonds is 8. The maximum absolute atomic E-state index is 12.0. The second-order valence-electron chi connectivity index (χ2n) is 5.25. The van der Waals surface area contributed by atoms with Crippen LogP contribution in [0.25, 0.3) is 0 Å². The Morgan fingerprint density at radius 3 is 2.10 bits per heavy atom. The number of carboxylic acid groups (broad SMARTS) is 1. The maximum Gasteiger partial charge on any atom is 0.322 e. The van der Waals surface area contributed by atoms with Crippen LogP contribution in [-0.4, -0.2) is 41.5 Å². The van der Waals surface area contributed by atoms with Crippen LogP contribution in [0.3, 0.4) is 0 Å². The molecule has 0 aromatic heterocycles. The van der Waals surface area contributed by atoms with Gasteiger partial charge < -0.3 is 21.5 Å². The Labute approximate surface area is 119 Å². The zero-order valence-electron chi connectivity index (χ0n) is 12.5. The van der Waals surface area contributed by atoms with Crippen LogP contribution >= 0.6 is 0 Å². The summed E-state index contributed by atoms with van der Waals surface area (Å²) in [6.07, 6.45) is 0.756. The Balaban J connectivity index is 4.65. The maximum atomic E-state index is 12.0. The fourth-order valence-corrected chi connectivity index (χ4v) is 1.57. The molecule has 0 aliphatic carbocycles. The van der Waals surface area contributed by atoms with Crippen molar-refractivity contribution in [3.63, 3.8) is 0 Å². The van der Waals surface area contributed by atoms with Crippen LogP contribution in [0.15, 0.2) is 0 Å². The highest BCUT2D eigenvalue weighted by Gasteiger charge is 2.28. The number of nitrogens with two attached hydrogens (primary N) is 1. The molecule has 0 rings (SSSR count). The number of carbonyl (C=O) groups is 3. The van der Waals surface area contributed by atoms with Gasteiger partial charge in [-0.15, -0.1) is 0 Å². The summed E-state index contributed by atoms with van der Waals surface area (Å²) in [6, 6.07) is -1.48. The summed E-state index contributed by atoms with van der Waals surface area (Å²) < 4.78 is 0. The first kappa shape index (κ1) is 18.4. The van der Waals surface area contributed by atoms with Crippen molar-refractivity contribution in [2.24, 2.45) is 17.6 Å². The zero-order valence-corrected chi connectivity index (χ0v) is 12.5. The summed E-state index contributed by atoms with van der Waals surface area (Å²) in [7, 11) is 0. The van der Waals surface area contributed by atoms with Gasteiger partial charge in [0.2, 0.25) is 11.8 Å². The summed E-state index contributed by atoms with van der Waals surface area (Å²) in [4.78, 5) is 34.3. The fraction of sp³-hybridized carbons (Fsp3) is 0.769. The van der Waals surface area contributed by atoms with Crippen molar-refractivity contribution in [2.45, 2.75) is 46.2 Å². The van der Waals surface area contributed by atoms with Gasteiger partial charge in [-0.05, 0) is 11.8 Å². The number of nitrogens with one attached hydrogen (secondary N) is 2. The SMILES string of the molecule is CC[C@H](C)[C@H](N)C(=O)N[C@H](C(=O)NCC(=O)O)C(C)C. The summed E-state index contributed by atoms with van der Waals surface area (Å²) in [5.74, 6) is -2.22. The van der Waals surface area contributed by atoms with Crippen molar-refractivity contribution in [3.8, 4) is 0 Å². The van der Waals surface area contributed by atoms with E-state index in [2.05, 4.69) is 10.6 Å². The Hall–Kier alpha value is -1.63. The van der Waals surface area contributed by atoms with Crippen molar-refractivity contribution in [1.82, 2.24) is 10.6 Å². The van der Waals surface area contributed by atoms with Gasteiger partial charge in [-0.1, -0.05) is 34.1 Å². The van der Waals surface area contributed by atoms with Gasteiger partial charge in [0.1, 0.15) is 12.6 Å². The molecule has 0 heterocycles. The predicted molar refractivity (Wildman–Crippen MR) is 74.8 cm³/mol. The van der Waals surface area contributed by atoms with E-state index < -0.39 is 36.4 Å². The Bertz CT molecular complexity index is 358. The molecule has 0 aromatic carbocycles. The smallest absolute Gasteiger partial charge is 0.322 e. The number of hydrogen-bond acceptors (Lipinski definition) is 4. The van der Waals surface area contributed by atoms with E-state index in [0.717, 1.165) is 6.42 Å². The summed E-state index contributed by atoms with van der Waals surface area (Å²) >= 11 is 0. The van der Waals surface area contributed by atoms with Crippen molar-refractivity contribution >= 4 is 17.8 Å². The second-order valence-corrected chi connectivity index (χ2v) is 5.25. The third-order valence-corrected chi connectivity index (χ3v) is 3.22. The average Bonchev–Trinajstić information content (AvgIpc) is 2.39. The fourth-order valence-electron chi connectivity index (χ4n) is 1.57. The van der Waals surface area contributed by atoms with E-state index in [4.69, 9.17) is 10.8 Å². The highest BCUT2D eigenvalue weighted by Crippen LogP contribution is 2.07. The molecule has 3 atom stereocenters. The lowest BCUT2D eigenvalue weighted by molar-refractivity contribution is -0.138. The molecule has 0 aromatic rings. The van der Waals surface area contributed by atoms with Gasteiger partial charge >= 0.3 is 5.97 Å². The molecular weight excluding hydrogens is 262 g/mol. The van der Waals surface area contributed by atoms with Crippen LogP contribution in [0.2, 0.25) is 0 Å². The van der Waals surface area contributed by atoms with E-state index in [-0.39, 0.29) is 11.8 Å². The molecule has 0 aliphatic heterocycles. The molecule has 7 heteroatoms. The molecule has 116 valence electrons. The minimum absolute atomic E-state index is 0.00453. The van der Waals surface area contributed by atoms with Crippen LogP contribution in [-0.2, 0) is 14.4 Å². The standard InChI is InChI=1S/C13H25N3O4/c1-5-8(4)10(14)12(19)16-11(7(2)3)13(20)15-6-9(17)18/h7-8,10-11H,5-6,14H2,1-4H3,(H,15,20)(H,16,19)(H,17,18)/t8-,10-,11-/m0/s1. The van der Waals surface area contributed by atoms with Crippen molar-refractivity contribution in [1.29, 1.82) is 0 Å². The van der Waals surface area contributed by atoms with Crippen molar-refractivity contribution < 1.29 is 19.5 Å². The molecular formula is C13H25N3O4. The Morgan fingerprint density at radius 2 is 1.70 bits per heavy atom. The lowest BCUT2D eigenvalue weighted by atomic mass is 9.97. The molecule has 20 heavy (non-hydrogen) atoms. The lowest BCUT2D eigenvalue weighted by Gasteiger charge is -2.25. The van der Waals surface area contributed by atoms with Crippen molar-refractivity contribution in [3.05, 3.63) is 0 Å². The number of carboxylic acids is 1. The molecule has 0 aliphatic rings. The van der Waals surface area contributed by atoms with Crippen molar-refractivity contribution in [2.75, 3.05) is 6.54 Å². The molecule has 0 bridgehead atoms. The molecule has 0 fully saturated rings. The second kappa shape index (κ2) is 8.52. The highest BCUT2D eigenvalue weighted by atomic mass is 16.4. The van der Waals surface area contributed by atoms with E-state index in [1.54, 1.807) is 13.8 Å². The highest BCUT2D eigenvalue weighted by molar-refractivity contribution is 5.91. The number of aliphatic carboxylic acids is 1. The third-order valence-electron chi connectivity index (χ3n) is 3.22. The predicted octanol–water partition coefficient (Wildman–Crippen LogP) is -0.299. The van der Waals surface area contributed by atoms with E-state index in [1.807, 2.05) is 13.8 Å². The van der Waals surface area contributed by atoms with E-state index in [0.29, 0.717) is 0 Å². The van der Waals surface area contributed by atoms with Gasteiger partial charge in [0, 0.05) is 0 Å². The van der Waals surface area contributed by atoms with E-state index >= 15 is 0 Å². The third kappa shape index (κ3) is 6.01. The Morgan fingerprint density at radius 1 is 1.15 bits per heavy atom. The average molecular weight is 287 g/mol. The first-order valence-corrected chi connectivity index (χ1v) is 6.76. The molecule has 0 saturated carbocycles. The van der Waals surface area contributed by atoms with Crippen LogP contribution in [0.1, 0.15) is 34.1 Å². The number of hydrogen-bond donors (Lipinski definition) is 4. The zero-order chi connectivity index (χ0) is 15.9. The Kier molecular flexibility index (Phi) is 7.83. The summed E-state index contributed by atoms with van der Waals surface area (Å²) in [6.45, 7) is 6.84. The topological polar surface area (TPSA) is 122 Å². The van der Waals surface area contributed by atoms with E-state index in [1.165, 1.54) is 0 Å². The van der Waals surface area contributed by atoms with Gasteiger partial charge in [0.05, 0.1) is 6.04 Å². The van der Waals surface area contributed by atoms with Crippen LogP contribution < -0.4 is 16.4 Å². The molecule has 0 radical (unpaired) electrons. The van der Waals surface area contributed by atoms with Crippen LogP contribution in [0, 0.1) is 11.8 Å². The summed E-state index contributed by atoms with van der Waals surface area (Å²) in [5, 5.41) is 13.4. The van der Waals surface area contributed by atoms with Gasteiger partial charge in [0.15, 0.2) is 0 Å². The van der Waals surface area contributed by atoms with Gasteiger partial charge in [0.25, 0.3) is 0 Å². The largest absolute Gasteiger partial charge is 0.480 e. The minimum atomic E-state index is -1.14. The van der Waals surface area contributed by atoms with Gasteiger partial charge in [-0.25, -0.2) is 0 Å². The van der Waals surface area contributed by atoms with Crippen LogP contribution in [0.5, 0.6) is 0 Å². The first-order valence-electron chi connectivity index (χ1n) is 6.76. The number of amides is 2. The van der Waals surface area contributed by atoms with Crippen LogP contribution in [0.4, 0.5) is 0 Å². The van der Waals surface area contributed by atoms with Gasteiger partial charge in [-0.2, -0.15) is 0 Å². The van der Waals surface area contributed by atoms with Gasteiger partial charge in [-0.3, -0.25) is 14.4 Å². The lowest BCUT2D eigenvalue weighted by Crippen LogP contribution is -2.55.